The third-order valence-electron chi connectivity index (χ3n) is 4.17. The summed E-state index contributed by atoms with van der Waals surface area (Å²) in [5.74, 6) is 0.231. The predicted octanol–water partition coefficient (Wildman–Crippen LogP) is 1.91. The number of carbonyl (C=O) groups excluding carboxylic acids is 1. The van der Waals surface area contributed by atoms with Gasteiger partial charge in [0.15, 0.2) is 0 Å². The molecular weight excluding hydrogens is 300 g/mol. The van der Waals surface area contributed by atoms with Crippen LogP contribution in [0.2, 0.25) is 0 Å². The topological polar surface area (TPSA) is 78.4 Å². The van der Waals surface area contributed by atoms with Gasteiger partial charge in [-0.3, -0.25) is 15.0 Å². The molecule has 2 heterocycles. The van der Waals surface area contributed by atoms with Crippen LogP contribution >= 0.6 is 11.3 Å². The number of nitrogens with zero attached hydrogens (tertiary/aromatic N) is 3. The van der Waals surface area contributed by atoms with Gasteiger partial charge in [0.1, 0.15) is 5.01 Å². The minimum absolute atomic E-state index is 0.0522. The van der Waals surface area contributed by atoms with Crippen molar-refractivity contribution in [2.75, 3.05) is 25.0 Å². The molecule has 22 heavy (non-hydrogen) atoms. The minimum Gasteiger partial charge on any atom is -0.396 e. The van der Waals surface area contributed by atoms with Crippen LogP contribution in [-0.2, 0) is 11.2 Å². The highest BCUT2D eigenvalue weighted by molar-refractivity contribution is 7.15. The van der Waals surface area contributed by atoms with Crippen LogP contribution < -0.4 is 5.32 Å². The van der Waals surface area contributed by atoms with Gasteiger partial charge >= 0.3 is 0 Å². The monoisotopic (exact) mass is 326 g/mol. The number of aliphatic hydroxyl groups excluding tert-OH is 1. The summed E-state index contributed by atoms with van der Waals surface area (Å²) in [4.78, 5) is 14.3. The Labute approximate surface area is 135 Å². The van der Waals surface area contributed by atoms with Gasteiger partial charge in [-0.15, -0.1) is 10.2 Å². The fourth-order valence-corrected chi connectivity index (χ4v) is 3.51. The van der Waals surface area contributed by atoms with Gasteiger partial charge in [-0.25, -0.2) is 0 Å². The molecule has 1 aliphatic heterocycles. The molecule has 2 rings (SSSR count). The van der Waals surface area contributed by atoms with Crippen molar-refractivity contribution in [1.82, 2.24) is 15.1 Å². The maximum atomic E-state index is 12.2. The van der Waals surface area contributed by atoms with E-state index < -0.39 is 0 Å². The van der Waals surface area contributed by atoms with E-state index in [1.54, 1.807) is 0 Å². The third-order valence-corrected chi connectivity index (χ3v) is 5.07. The molecule has 2 N–H and O–H groups in total. The molecule has 0 saturated carbocycles. The Hall–Kier alpha value is -1.05. The SMILES string of the molecule is CCCCc1nnc(NC(=O)CN2CC(CO)CCC2C)s1. The van der Waals surface area contributed by atoms with Crippen molar-refractivity contribution in [2.45, 2.75) is 52.0 Å². The number of hydrogen-bond acceptors (Lipinski definition) is 6. The fourth-order valence-electron chi connectivity index (χ4n) is 2.71. The normalized spacial score (nSPS) is 22.7. The number of aliphatic hydroxyl groups is 1. The number of piperidine rings is 1. The van der Waals surface area contributed by atoms with Crippen LogP contribution in [0.25, 0.3) is 0 Å². The summed E-state index contributed by atoms with van der Waals surface area (Å²) in [5, 5.41) is 21.8. The van der Waals surface area contributed by atoms with E-state index in [0.29, 0.717) is 17.7 Å². The van der Waals surface area contributed by atoms with Crippen molar-refractivity contribution in [3.05, 3.63) is 5.01 Å². The Kier molecular flexibility index (Phi) is 6.72. The summed E-state index contributed by atoms with van der Waals surface area (Å²) < 4.78 is 0. The van der Waals surface area contributed by atoms with E-state index in [1.807, 2.05) is 0 Å². The van der Waals surface area contributed by atoms with E-state index in [4.69, 9.17) is 0 Å². The summed E-state index contributed by atoms with van der Waals surface area (Å²) in [7, 11) is 0. The second kappa shape index (κ2) is 8.55. The number of nitrogens with one attached hydrogen (secondary N) is 1. The molecule has 2 atom stereocenters. The molecule has 1 fully saturated rings. The van der Waals surface area contributed by atoms with E-state index in [0.717, 1.165) is 43.7 Å². The van der Waals surface area contributed by atoms with Crippen LogP contribution in [0, 0.1) is 5.92 Å². The van der Waals surface area contributed by atoms with E-state index >= 15 is 0 Å². The van der Waals surface area contributed by atoms with Crippen LogP contribution in [-0.4, -0.2) is 51.8 Å². The maximum absolute atomic E-state index is 12.2. The van der Waals surface area contributed by atoms with Crippen LogP contribution in [0.1, 0.15) is 44.5 Å². The third kappa shape index (κ3) is 5.00. The molecule has 0 bridgehead atoms. The minimum atomic E-state index is -0.0522. The first-order chi connectivity index (χ1) is 10.6. The van der Waals surface area contributed by atoms with E-state index in [9.17, 15) is 9.90 Å². The Morgan fingerprint density at radius 3 is 3.00 bits per heavy atom. The first-order valence-corrected chi connectivity index (χ1v) is 8.91. The zero-order valence-electron chi connectivity index (χ0n) is 13.4. The fraction of sp³-hybridized carbons (Fsp3) is 0.800. The van der Waals surface area contributed by atoms with Crippen molar-refractivity contribution in [3.63, 3.8) is 0 Å². The molecule has 1 amide bonds. The Morgan fingerprint density at radius 1 is 1.45 bits per heavy atom. The number of rotatable bonds is 7. The molecule has 0 spiro atoms. The highest BCUT2D eigenvalue weighted by Crippen LogP contribution is 2.22. The molecule has 2 unspecified atom stereocenters. The maximum Gasteiger partial charge on any atom is 0.240 e. The highest BCUT2D eigenvalue weighted by Gasteiger charge is 2.26. The van der Waals surface area contributed by atoms with Gasteiger partial charge < -0.3 is 5.11 Å². The number of aryl methyl sites for hydroxylation is 1. The standard InChI is InChI=1S/C15H26N4O2S/c1-3-4-5-14-17-18-15(22-14)16-13(21)9-19-8-12(10-20)7-6-11(19)2/h11-12,20H,3-10H2,1-2H3,(H,16,18,21). The molecule has 0 aromatic carbocycles. The average molecular weight is 326 g/mol. The van der Waals surface area contributed by atoms with Crippen molar-refractivity contribution >= 4 is 22.4 Å². The molecule has 124 valence electrons. The average Bonchev–Trinajstić information content (AvgIpc) is 2.94. The number of carbonyl (C=O) groups is 1. The van der Waals surface area contributed by atoms with Gasteiger partial charge in [0.2, 0.25) is 11.0 Å². The van der Waals surface area contributed by atoms with Gasteiger partial charge in [-0.2, -0.15) is 0 Å². The quantitative estimate of drug-likeness (QED) is 0.800. The molecule has 1 aromatic heterocycles. The van der Waals surface area contributed by atoms with Gasteiger partial charge in [0, 0.05) is 25.6 Å². The summed E-state index contributed by atoms with van der Waals surface area (Å²) in [6.45, 7) is 5.60. The number of anilines is 1. The number of likely N-dealkylation sites (tertiary alicyclic amines) is 1. The lowest BCUT2D eigenvalue weighted by atomic mass is 9.94. The molecular formula is C15H26N4O2S. The molecule has 6 nitrogen and oxygen atoms in total. The van der Waals surface area contributed by atoms with Crippen molar-refractivity contribution < 1.29 is 9.90 Å². The van der Waals surface area contributed by atoms with Crippen molar-refractivity contribution in [3.8, 4) is 0 Å². The molecule has 1 aromatic rings. The zero-order valence-corrected chi connectivity index (χ0v) is 14.2. The number of aromatic nitrogens is 2. The first kappa shape index (κ1) is 17.3. The highest BCUT2D eigenvalue weighted by atomic mass is 32.1. The van der Waals surface area contributed by atoms with Crippen LogP contribution in [0.5, 0.6) is 0 Å². The summed E-state index contributed by atoms with van der Waals surface area (Å²) in [6.07, 6.45) is 5.20. The lowest BCUT2D eigenvalue weighted by Crippen LogP contribution is -2.46. The number of unbranched alkanes of at least 4 members (excludes halogenated alkanes) is 1. The lowest BCUT2D eigenvalue weighted by molar-refractivity contribution is -0.118. The second-order valence-corrected chi connectivity index (χ2v) is 7.12. The van der Waals surface area contributed by atoms with Gasteiger partial charge in [0.25, 0.3) is 0 Å². The number of hydrogen-bond donors (Lipinski definition) is 2. The lowest BCUT2D eigenvalue weighted by Gasteiger charge is -2.36. The van der Waals surface area contributed by atoms with E-state index in [-0.39, 0.29) is 18.4 Å². The predicted molar refractivity (Wildman–Crippen MR) is 88.0 cm³/mol. The first-order valence-electron chi connectivity index (χ1n) is 8.09. The Balaban J connectivity index is 1.82. The molecule has 1 saturated heterocycles. The summed E-state index contributed by atoms with van der Waals surface area (Å²) in [6, 6.07) is 0.378. The van der Waals surface area contributed by atoms with Crippen LogP contribution in [0.15, 0.2) is 0 Å². The van der Waals surface area contributed by atoms with E-state index in [2.05, 4.69) is 34.3 Å². The van der Waals surface area contributed by atoms with Gasteiger partial charge in [0.05, 0.1) is 6.54 Å². The molecule has 0 aliphatic carbocycles. The molecule has 1 aliphatic rings. The van der Waals surface area contributed by atoms with Crippen LogP contribution in [0.4, 0.5) is 5.13 Å². The zero-order chi connectivity index (χ0) is 15.9. The van der Waals surface area contributed by atoms with Crippen molar-refractivity contribution in [2.24, 2.45) is 5.92 Å². The number of amides is 1. The Bertz CT molecular complexity index is 480. The smallest absolute Gasteiger partial charge is 0.240 e. The van der Waals surface area contributed by atoms with Gasteiger partial charge in [-0.05, 0) is 32.1 Å². The second-order valence-electron chi connectivity index (χ2n) is 6.06. The largest absolute Gasteiger partial charge is 0.396 e. The van der Waals surface area contributed by atoms with E-state index in [1.165, 1.54) is 11.3 Å². The molecule has 7 heteroatoms. The molecule has 0 radical (unpaired) electrons. The van der Waals surface area contributed by atoms with Crippen molar-refractivity contribution in [1.29, 1.82) is 0 Å². The summed E-state index contributed by atoms with van der Waals surface area (Å²) in [5.41, 5.74) is 0. The van der Waals surface area contributed by atoms with Crippen LogP contribution in [0.3, 0.4) is 0 Å². The summed E-state index contributed by atoms with van der Waals surface area (Å²) >= 11 is 1.46. The van der Waals surface area contributed by atoms with Gasteiger partial charge in [-0.1, -0.05) is 24.7 Å². The Morgan fingerprint density at radius 2 is 2.27 bits per heavy atom.